The maximum absolute atomic E-state index is 11.3. The molecule has 0 aliphatic rings. The maximum atomic E-state index is 11.3. The number of hydrogen-bond donors (Lipinski definition) is 2. The smallest absolute Gasteiger partial charge is 0.441 e. The van der Waals surface area contributed by atoms with E-state index in [1.54, 1.807) is 32.9 Å². The zero-order valence-corrected chi connectivity index (χ0v) is 16.1. The number of benzene rings is 1. The van der Waals surface area contributed by atoms with Gasteiger partial charge in [0.05, 0.1) is 13.2 Å². The van der Waals surface area contributed by atoms with E-state index in [2.05, 4.69) is 14.4 Å². The van der Waals surface area contributed by atoms with Crippen LogP contribution < -0.4 is 11.5 Å². The number of nitrogens with zero attached hydrogens (tertiary/aromatic N) is 2. The molecule has 0 bridgehead atoms. The molecule has 0 unspecified atom stereocenters. The average molecular weight is 393 g/mol. The number of carbonyl (C=O) groups is 1. The van der Waals surface area contributed by atoms with Crippen LogP contribution in [0.2, 0.25) is 0 Å². The van der Waals surface area contributed by atoms with E-state index in [1.165, 1.54) is 11.7 Å². The Labute approximate surface area is 165 Å². The van der Waals surface area contributed by atoms with Crippen LogP contribution in [-0.2, 0) is 16.1 Å². The Morgan fingerprint density at radius 2 is 2.00 bits per heavy atom. The third kappa shape index (κ3) is 7.89. The second-order valence-corrected chi connectivity index (χ2v) is 6.28. The zero-order valence-electron chi connectivity index (χ0n) is 16.1. The van der Waals surface area contributed by atoms with Crippen molar-refractivity contribution in [2.75, 3.05) is 7.11 Å². The molecule has 2 atom stereocenters. The minimum atomic E-state index is -1.07. The van der Waals surface area contributed by atoms with E-state index in [0.717, 1.165) is 5.56 Å². The second-order valence-electron chi connectivity index (χ2n) is 6.28. The maximum Gasteiger partial charge on any atom is 0.441 e. The van der Waals surface area contributed by atoms with E-state index in [9.17, 15) is 9.59 Å². The summed E-state index contributed by atoms with van der Waals surface area (Å²) in [5.41, 5.74) is 5.67. The molecule has 0 saturated heterocycles. The van der Waals surface area contributed by atoms with Gasteiger partial charge < -0.3 is 15.6 Å². The predicted molar refractivity (Wildman–Crippen MR) is 108 cm³/mol. The van der Waals surface area contributed by atoms with Gasteiger partial charge in [0.15, 0.2) is 5.82 Å². The highest BCUT2D eigenvalue weighted by molar-refractivity contribution is 5.80. The Balaban J connectivity index is 0.000000614. The van der Waals surface area contributed by atoms with E-state index in [4.69, 9.17) is 10.8 Å². The number of hydrogen-bond acceptors (Lipinski definition) is 7. The van der Waals surface area contributed by atoms with Crippen molar-refractivity contribution in [2.45, 2.75) is 52.8 Å². The van der Waals surface area contributed by atoms with E-state index >= 15 is 0 Å². The number of methoxy groups -OCH3 is 1. The van der Waals surface area contributed by atoms with Crippen molar-refractivity contribution >= 4 is 5.97 Å². The van der Waals surface area contributed by atoms with E-state index < -0.39 is 17.3 Å². The van der Waals surface area contributed by atoms with Gasteiger partial charge in [-0.05, 0) is 32.8 Å². The third-order valence-electron chi connectivity index (χ3n) is 3.80. The van der Waals surface area contributed by atoms with Crippen LogP contribution in [0.3, 0.4) is 0 Å². The molecule has 0 spiro atoms. The van der Waals surface area contributed by atoms with E-state index in [0.29, 0.717) is 18.8 Å². The fourth-order valence-electron chi connectivity index (χ4n) is 2.10. The number of esters is 1. The highest BCUT2D eigenvalue weighted by Gasteiger charge is 2.27. The van der Waals surface area contributed by atoms with Crippen molar-refractivity contribution in [2.24, 2.45) is 5.73 Å². The van der Waals surface area contributed by atoms with Crippen molar-refractivity contribution in [1.82, 2.24) is 9.72 Å². The Morgan fingerprint density at radius 1 is 1.39 bits per heavy atom. The summed E-state index contributed by atoms with van der Waals surface area (Å²) in [6.07, 6.45) is 3.42. The van der Waals surface area contributed by atoms with Gasteiger partial charge in [-0.15, -0.1) is 0 Å². The fourth-order valence-corrected chi connectivity index (χ4v) is 2.10. The Bertz CT molecular complexity index is 792. The monoisotopic (exact) mass is 393 g/mol. The lowest BCUT2D eigenvalue weighted by molar-refractivity contribution is -0.146. The molecule has 0 fully saturated rings. The minimum Gasteiger partial charge on any atom is -0.468 e. The van der Waals surface area contributed by atoms with Crippen LogP contribution >= 0.6 is 0 Å². The molecule has 3 N–H and O–H groups in total. The van der Waals surface area contributed by atoms with Gasteiger partial charge in [-0.3, -0.25) is 13.9 Å². The molecule has 0 radical (unpaired) electrons. The first-order valence-corrected chi connectivity index (χ1v) is 8.47. The van der Waals surface area contributed by atoms with Gasteiger partial charge in [0, 0.05) is 6.54 Å². The van der Waals surface area contributed by atoms with Gasteiger partial charge in [0.2, 0.25) is 0 Å². The second kappa shape index (κ2) is 11.9. The summed E-state index contributed by atoms with van der Waals surface area (Å²) < 4.78 is 10.4. The highest BCUT2D eigenvalue weighted by atomic mass is 16.5. The first kappa shape index (κ1) is 25.3. The number of aliphatic hydroxyl groups excluding tert-OH is 1. The van der Waals surface area contributed by atoms with Crippen LogP contribution in [0.1, 0.15) is 45.2 Å². The SMILES string of the molecule is C.COC(=O)[C@@](C)(N)C/C=C/Cn1c(C)noc1=O.C[C@@H](O)c1ccccc1. The molecule has 2 aromatic rings. The number of nitrogens with two attached hydrogens (primary N) is 1. The molecule has 2 rings (SSSR count). The molecule has 1 heterocycles. The third-order valence-corrected chi connectivity index (χ3v) is 3.80. The standard InChI is InChI=1S/C11H17N3O4.C8H10O.CH4/c1-8-13-18-10(16)14(8)7-5-4-6-11(2,12)9(15)17-3;1-7(9)8-5-3-2-4-6-8;/h4-5H,6-7,12H2,1-3H3;2-7,9H,1H3;1H4/b5-4+;;/t11-;7-;/m01./s1. The molecule has 8 nitrogen and oxygen atoms in total. The Kier molecular flexibility index (Phi) is 10.7. The quantitative estimate of drug-likeness (QED) is 0.571. The van der Waals surface area contributed by atoms with Gasteiger partial charge in [-0.2, -0.15) is 0 Å². The highest BCUT2D eigenvalue weighted by Crippen LogP contribution is 2.09. The Hall–Kier alpha value is -2.71. The first-order valence-electron chi connectivity index (χ1n) is 8.47. The number of rotatable bonds is 6. The molecule has 1 aromatic carbocycles. The number of carbonyl (C=O) groups excluding carboxylic acids is 1. The molecular weight excluding hydrogens is 362 g/mol. The Morgan fingerprint density at radius 3 is 2.43 bits per heavy atom. The molecule has 0 aliphatic heterocycles. The fraction of sp³-hybridized carbons (Fsp3) is 0.450. The van der Waals surface area contributed by atoms with Crippen molar-refractivity contribution in [3.05, 3.63) is 64.4 Å². The van der Waals surface area contributed by atoms with E-state index in [1.807, 2.05) is 30.3 Å². The van der Waals surface area contributed by atoms with Crippen LogP contribution in [0, 0.1) is 6.92 Å². The molecular formula is C20H31N3O5. The lowest BCUT2D eigenvalue weighted by atomic mass is 9.99. The van der Waals surface area contributed by atoms with Gasteiger partial charge in [-0.1, -0.05) is 55.1 Å². The first-order chi connectivity index (χ1) is 12.7. The van der Waals surface area contributed by atoms with Crippen molar-refractivity contribution in [3.8, 4) is 0 Å². The molecule has 0 amide bonds. The number of aromatic nitrogens is 2. The average Bonchev–Trinajstić information content (AvgIpc) is 2.97. The molecule has 28 heavy (non-hydrogen) atoms. The van der Waals surface area contributed by atoms with Crippen molar-refractivity contribution in [1.29, 1.82) is 0 Å². The largest absolute Gasteiger partial charge is 0.468 e. The van der Waals surface area contributed by atoms with Crippen molar-refractivity contribution in [3.63, 3.8) is 0 Å². The van der Waals surface area contributed by atoms with E-state index in [-0.39, 0.29) is 13.5 Å². The number of aryl methyl sites for hydroxylation is 1. The van der Waals surface area contributed by atoms with Crippen molar-refractivity contribution < 1.29 is 19.2 Å². The summed E-state index contributed by atoms with van der Waals surface area (Å²) in [4.78, 5) is 22.5. The summed E-state index contributed by atoms with van der Waals surface area (Å²) in [7, 11) is 1.29. The van der Waals surface area contributed by atoms with Crippen LogP contribution in [0.5, 0.6) is 0 Å². The zero-order chi connectivity index (χ0) is 20.4. The molecule has 156 valence electrons. The summed E-state index contributed by atoms with van der Waals surface area (Å²) in [5, 5.41) is 12.6. The van der Waals surface area contributed by atoms with Gasteiger partial charge in [0.25, 0.3) is 0 Å². The van der Waals surface area contributed by atoms with Crippen LogP contribution in [0.25, 0.3) is 0 Å². The summed E-state index contributed by atoms with van der Waals surface area (Å²) >= 11 is 0. The molecule has 1 aromatic heterocycles. The van der Waals surface area contributed by atoms with Gasteiger partial charge in [-0.25, -0.2) is 4.79 Å². The molecule has 8 heteroatoms. The van der Waals surface area contributed by atoms with Crippen LogP contribution in [0.15, 0.2) is 51.8 Å². The molecule has 0 aliphatic carbocycles. The number of aliphatic hydroxyl groups is 1. The lowest BCUT2D eigenvalue weighted by Crippen LogP contribution is -2.45. The lowest BCUT2D eigenvalue weighted by Gasteiger charge is -2.19. The van der Waals surface area contributed by atoms with Gasteiger partial charge in [0.1, 0.15) is 5.54 Å². The van der Waals surface area contributed by atoms with Crippen LogP contribution in [-0.4, -0.2) is 33.4 Å². The number of allylic oxidation sites excluding steroid dienone is 1. The minimum absolute atomic E-state index is 0. The summed E-state index contributed by atoms with van der Waals surface area (Å²) in [6.45, 7) is 5.33. The van der Waals surface area contributed by atoms with Gasteiger partial charge >= 0.3 is 11.7 Å². The topological polar surface area (TPSA) is 121 Å². The summed E-state index contributed by atoms with van der Waals surface area (Å²) in [5.74, 6) is -0.501. The number of ether oxygens (including phenoxy) is 1. The normalized spacial score (nSPS) is 13.6. The van der Waals surface area contributed by atoms with Crippen LogP contribution in [0.4, 0.5) is 0 Å². The molecule has 0 saturated carbocycles. The predicted octanol–water partition coefficient (Wildman–Crippen LogP) is 2.36. The summed E-state index contributed by atoms with van der Waals surface area (Å²) in [6, 6.07) is 9.59.